The average Bonchev–Trinajstić information content (AvgIpc) is 2.98. The minimum atomic E-state index is -3.62. The lowest BCUT2D eigenvalue weighted by atomic mass is 9.81. The first-order valence-corrected chi connectivity index (χ1v) is 11.1. The van der Waals surface area contributed by atoms with Gasteiger partial charge >= 0.3 is 6.03 Å². The van der Waals surface area contributed by atoms with E-state index in [-0.39, 0.29) is 16.3 Å². The van der Waals surface area contributed by atoms with Gasteiger partial charge < -0.3 is 16.0 Å². The number of sulfonamides is 1. The van der Waals surface area contributed by atoms with Gasteiger partial charge in [-0.2, -0.15) is 4.31 Å². The molecule has 2 fully saturated rings. The van der Waals surface area contributed by atoms with Gasteiger partial charge in [0.05, 0.1) is 5.69 Å². The molecule has 1 aromatic carbocycles. The maximum atomic E-state index is 13.1. The lowest BCUT2D eigenvalue weighted by molar-refractivity contribution is 0.215. The number of hydrogen-bond acceptors (Lipinski definition) is 4. The van der Waals surface area contributed by atoms with Gasteiger partial charge in [-0.3, -0.25) is 0 Å². The Hall–Kier alpha value is -1.64. The van der Waals surface area contributed by atoms with Crippen molar-refractivity contribution < 1.29 is 13.2 Å². The van der Waals surface area contributed by atoms with Gasteiger partial charge in [0.25, 0.3) is 0 Å². The third-order valence-corrected chi connectivity index (χ3v) is 8.01. The average molecular weight is 395 g/mol. The minimum absolute atomic E-state index is 0.114. The fourth-order valence-electron chi connectivity index (χ4n) is 3.86. The normalized spacial score (nSPS) is 26.9. The molecule has 1 aromatic rings. The first-order valence-electron chi connectivity index (χ1n) is 9.63. The first kappa shape index (κ1) is 20.1. The molecule has 27 heavy (non-hydrogen) atoms. The van der Waals surface area contributed by atoms with E-state index in [0.717, 1.165) is 19.3 Å². The highest BCUT2D eigenvalue weighted by Gasteiger charge is 2.41. The largest absolute Gasteiger partial charge is 0.330 e. The number of likely N-dealkylation sites (tertiary alicyclic amines) is 1. The van der Waals surface area contributed by atoms with Gasteiger partial charge in [-0.25, -0.2) is 13.2 Å². The highest BCUT2D eigenvalue weighted by atomic mass is 32.2. The second-order valence-corrected chi connectivity index (χ2v) is 9.94. The zero-order valence-corrected chi connectivity index (χ0v) is 17.0. The predicted octanol–water partition coefficient (Wildman–Crippen LogP) is 2.31. The number of para-hydroxylation sites is 1. The van der Waals surface area contributed by atoms with Gasteiger partial charge in [-0.15, -0.1) is 0 Å². The number of nitrogens with two attached hydrogens (primary N) is 1. The molecule has 2 atom stereocenters. The number of hydrogen-bond donors (Lipinski definition) is 2. The molecular formula is C19H30N4O3S. The topological polar surface area (TPSA) is 95.7 Å². The number of benzene rings is 1. The number of urea groups is 1. The van der Waals surface area contributed by atoms with Gasteiger partial charge in [0.15, 0.2) is 0 Å². The van der Waals surface area contributed by atoms with Gasteiger partial charge in [-0.05, 0) is 37.4 Å². The number of carbonyl (C=O) groups is 1. The van der Waals surface area contributed by atoms with E-state index in [1.807, 2.05) is 0 Å². The van der Waals surface area contributed by atoms with Gasteiger partial charge in [0.2, 0.25) is 10.0 Å². The fraction of sp³-hybridized carbons (Fsp3) is 0.632. The predicted molar refractivity (Wildman–Crippen MR) is 106 cm³/mol. The SMILES string of the molecule is C[C@@H]1CN(C(=O)Nc2ccccc2S(=O)(=O)N2CCCCC2)C[C@@]1(C)CN. The smallest absolute Gasteiger partial charge is 0.321 e. The zero-order chi connectivity index (χ0) is 19.7. The summed E-state index contributed by atoms with van der Waals surface area (Å²) in [5.41, 5.74) is 6.11. The molecule has 2 aliphatic rings. The van der Waals surface area contributed by atoms with Gasteiger partial charge in [0, 0.05) is 31.6 Å². The number of anilines is 1. The van der Waals surface area contributed by atoms with Crippen molar-refractivity contribution in [2.75, 3.05) is 38.0 Å². The molecule has 0 saturated carbocycles. The van der Waals surface area contributed by atoms with Crippen LogP contribution in [0, 0.1) is 11.3 Å². The number of nitrogens with one attached hydrogen (secondary N) is 1. The Labute approximate surface area is 161 Å². The highest BCUT2D eigenvalue weighted by Crippen LogP contribution is 2.35. The lowest BCUT2D eigenvalue weighted by Gasteiger charge is -2.27. The fourth-order valence-corrected chi connectivity index (χ4v) is 5.53. The molecular weight excluding hydrogens is 364 g/mol. The quantitative estimate of drug-likeness (QED) is 0.819. The number of amides is 2. The standard InChI is InChI=1S/C19H30N4O3S/c1-15-12-22(14-19(15,2)13-20)18(24)21-16-8-4-5-9-17(16)27(25,26)23-10-6-3-7-11-23/h4-5,8-9,15H,3,6-7,10-14,20H2,1-2H3,(H,21,24)/t15-,19-/m1/s1. The Morgan fingerprint density at radius 1 is 1.26 bits per heavy atom. The summed E-state index contributed by atoms with van der Waals surface area (Å²) < 4.78 is 27.6. The Kier molecular flexibility index (Phi) is 5.79. The molecule has 8 heteroatoms. The molecule has 2 saturated heterocycles. The number of carbonyl (C=O) groups excluding carboxylic acids is 1. The molecule has 2 amide bonds. The Balaban J connectivity index is 1.80. The zero-order valence-electron chi connectivity index (χ0n) is 16.1. The van der Waals surface area contributed by atoms with Crippen LogP contribution >= 0.6 is 0 Å². The number of nitrogens with zero attached hydrogens (tertiary/aromatic N) is 2. The summed E-state index contributed by atoms with van der Waals surface area (Å²) >= 11 is 0. The van der Waals surface area contributed by atoms with Gasteiger partial charge in [-0.1, -0.05) is 32.4 Å². The lowest BCUT2D eigenvalue weighted by Crippen LogP contribution is -2.38. The molecule has 0 bridgehead atoms. The molecule has 3 N–H and O–H groups in total. The van der Waals surface area contributed by atoms with Crippen molar-refractivity contribution in [3.05, 3.63) is 24.3 Å². The number of piperidine rings is 1. The second-order valence-electron chi connectivity index (χ2n) is 8.03. The molecule has 0 spiro atoms. The number of rotatable bonds is 4. The van der Waals surface area contributed by atoms with Crippen LogP contribution in [0.3, 0.4) is 0 Å². The summed E-state index contributed by atoms with van der Waals surface area (Å²) in [6.07, 6.45) is 2.80. The first-order chi connectivity index (χ1) is 12.8. The maximum Gasteiger partial charge on any atom is 0.321 e. The molecule has 150 valence electrons. The molecule has 0 radical (unpaired) electrons. The van der Waals surface area contributed by atoms with Crippen molar-refractivity contribution in [2.45, 2.75) is 38.0 Å². The van der Waals surface area contributed by atoms with Crippen LogP contribution in [0.5, 0.6) is 0 Å². The minimum Gasteiger partial charge on any atom is -0.330 e. The summed E-state index contributed by atoms with van der Waals surface area (Å²) in [6, 6.07) is 6.37. The van der Waals surface area contributed by atoms with Crippen LogP contribution in [0.4, 0.5) is 10.5 Å². The Bertz CT molecular complexity index is 792. The van der Waals surface area contributed by atoms with Crippen LogP contribution in [0.25, 0.3) is 0 Å². The van der Waals surface area contributed by atoms with Crippen molar-refractivity contribution in [3.8, 4) is 0 Å². The van der Waals surface area contributed by atoms with E-state index in [9.17, 15) is 13.2 Å². The highest BCUT2D eigenvalue weighted by molar-refractivity contribution is 7.89. The van der Waals surface area contributed by atoms with Gasteiger partial charge in [0.1, 0.15) is 4.90 Å². The van der Waals surface area contributed by atoms with Crippen molar-refractivity contribution in [3.63, 3.8) is 0 Å². The molecule has 0 aromatic heterocycles. The summed E-state index contributed by atoms with van der Waals surface area (Å²) in [7, 11) is -3.62. The Morgan fingerprint density at radius 2 is 1.93 bits per heavy atom. The van der Waals surface area contributed by atoms with Crippen molar-refractivity contribution >= 4 is 21.7 Å². The van der Waals surface area contributed by atoms with Crippen molar-refractivity contribution in [2.24, 2.45) is 17.1 Å². The molecule has 2 aliphatic heterocycles. The van der Waals surface area contributed by atoms with Crippen LogP contribution in [0.15, 0.2) is 29.2 Å². The van der Waals surface area contributed by atoms with E-state index >= 15 is 0 Å². The van der Waals surface area contributed by atoms with E-state index in [4.69, 9.17) is 5.73 Å². The van der Waals surface area contributed by atoms with Crippen LogP contribution in [-0.2, 0) is 10.0 Å². The van der Waals surface area contributed by atoms with E-state index in [1.165, 1.54) is 4.31 Å². The van der Waals surface area contributed by atoms with Crippen molar-refractivity contribution in [1.29, 1.82) is 0 Å². The van der Waals surface area contributed by atoms with Crippen LogP contribution in [-0.4, -0.2) is 56.4 Å². The van der Waals surface area contributed by atoms with E-state index in [1.54, 1.807) is 29.2 Å². The molecule has 0 aliphatic carbocycles. The van der Waals surface area contributed by atoms with E-state index in [0.29, 0.717) is 44.3 Å². The van der Waals surface area contributed by atoms with Crippen LogP contribution in [0.1, 0.15) is 33.1 Å². The molecule has 0 unspecified atom stereocenters. The summed E-state index contributed by atoms with van der Waals surface area (Å²) in [5, 5.41) is 2.82. The molecule has 2 heterocycles. The second kappa shape index (κ2) is 7.77. The molecule has 3 rings (SSSR count). The summed E-state index contributed by atoms with van der Waals surface area (Å²) in [5.74, 6) is 0.292. The third-order valence-electron chi connectivity index (χ3n) is 6.05. The van der Waals surface area contributed by atoms with E-state index in [2.05, 4.69) is 19.2 Å². The molecule has 7 nitrogen and oxygen atoms in total. The summed E-state index contributed by atoms with van der Waals surface area (Å²) in [6.45, 7) is 6.93. The maximum absolute atomic E-state index is 13.1. The van der Waals surface area contributed by atoms with E-state index < -0.39 is 10.0 Å². The van der Waals surface area contributed by atoms with Crippen LogP contribution < -0.4 is 11.1 Å². The Morgan fingerprint density at radius 3 is 2.56 bits per heavy atom. The van der Waals surface area contributed by atoms with Crippen LogP contribution in [0.2, 0.25) is 0 Å². The monoisotopic (exact) mass is 394 g/mol. The summed E-state index contributed by atoms with van der Waals surface area (Å²) in [4.78, 5) is 14.7. The van der Waals surface area contributed by atoms with Crippen molar-refractivity contribution in [1.82, 2.24) is 9.21 Å². The third kappa shape index (κ3) is 3.97.